The smallest absolute Gasteiger partial charge is 0.227 e. The van der Waals surface area contributed by atoms with Crippen LogP contribution in [0.2, 0.25) is 5.02 Å². The molecule has 0 aliphatic carbocycles. The lowest BCUT2D eigenvalue weighted by molar-refractivity contribution is 0.105. The largest absolute Gasteiger partial charge is 0.394 e. The highest BCUT2D eigenvalue weighted by atomic mass is 35.5. The van der Waals surface area contributed by atoms with Crippen molar-refractivity contribution in [2.45, 2.75) is 19.1 Å². The molecule has 0 radical (unpaired) electrons. The molecule has 3 aromatic rings. The number of benzene rings is 1. The predicted molar refractivity (Wildman–Crippen MR) is 110 cm³/mol. The second-order valence-corrected chi connectivity index (χ2v) is 6.61. The van der Waals surface area contributed by atoms with Crippen molar-refractivity contribution in [3.8, 4) is 0 Å². The maximum Gasteiger partial charge on any atom is 0.227 e. The first kappa shape index (κ1) is 20.0. The van der Waals surface area contributed by atoms with Crippen LogP contribution in [-0.2, 0) is 0 Å². The molecule has 0 aliphatic heterocycles. The summed E-state index contributed by atoms with van der Waals surface area (Å²) in [6, 6.07) is 7.33. The Hall–Kier alpha value is -2.75. The molecule has 10 heteroatoms. The van der Waals surface area contributed by atoms with Gasteiger partial charge in [-0.3, -0.25) is 0 Å². The van der Waals surface area contributed by atoms with Crippen molar-refractivity contribution in [3.63, 3.8) is 0 Å². The van der Waals surface area contributed by atoms with Gasteiger partial charge in [0, 0.05) is 24.5 Å². The molecule has 9 nitrogen and oxygen atoms in total. The fourth-order valence-electron chi connectivity index (χ4n) is 2.69. The van der Waals surface area contributed by atoms with Gasteiger partial charge in [-0.1, -0.05) is 23.7 Å². The highest BCUT2D eigenvalue weighted by molar-refractivity contribution is 6.35. The van der Waals surface area contributed by atoms with Crippen LogP contribution in [0.25, 0.3) is 10.9 Å². The molecule has 2 heterocycles. The summed E-state index contributed by atoms with van der Waals surface area (Å²) >= 11 is 6.28. The second kappa shape index (κ2) is 8.96. The van der Waals surface area contributed by atoms with E-state index in [1.165, 1.54) is 6.33 Å². The number of hydrogen-bond donors (Lipinski definition) is 5. The van der Waals surface area contributed by atoms with E-state index >= 15 is 0 Å². The Morgan fingerprint density at radius 2 is 1.96 bits per heavy atom. The number of nitrogens with one attached hydrogen (secondary N) is 3. The van der Waals surface area contributed by atoms with Crippen molar-refractivity contribution in [3.05, 3.63) is 41.2 Å². The van der Waals surface area contributed by atoms with E-state index in [1.807, 2.05) is 25.1 Å². The van der Waals surface area contributed by atoms with Crippen LogP contribution in [0.3, 0.4) is 0 Å². The zero-order valence-electron chi connectivity index (χ0n) is 15.5. The van der Waals surface area contributed by atoms with Crippen molar-refractivity contribution in [2.24, 2.45) is 0 Å². The number of halogens is 1. The molecule has 5 N–H and O–H groups in total. The van der Waals surface area contributed by atoms with E-state index in [9.17, 15) is 5.11 Å². The topological polar surface area (TPSA) is 128 Å². The van der Waals surface area contributed by atoms with Gasteiger partial charge in [0.05, 0.1) is 29.3 Å². The van der Waals surface area contributed by atoms with Crippen molar-refractivity contribution < 1.29 is 10.2 Å². The Morgan fingerprint density at radius 3 is 2.71 bits per heavy atom. The van der Waals surface area contributed by atoms with Gasteiger partial charge in [-0.05, 0) is 19.1 Å². The summed E-state index contributed by atoms with van der Waals surface area (Å²) in [7, 11) is 1.73. The number of para-hydroxylation sites is 1. The van der Waals surface area contributed by atoms with E-state index in [0.29, 0.717) is 28.3 Å². The summed E-state index contributed by atoms with van der Waals surface area (Å²) in [4.78, 5) is 17.0. The van der Waals surface area contributed by atoms with Gasteiger partial charge in [-0.2, -0.15) is 4.98 Å². The Bertz CT molecular complexity index is 956. The predicted octanol–water partition coefficient (Wildman–Crippen LogP) is 2.05. The van der Waals surface area contributed by atoms with Gasteiger partial charge in [0.2, 0.25) is 11.9 Å². The molecule has 0 unspecified atom stereocenters. The highest BCUT2D eigenvalue weighted by Crippen LogP contribution is 2.30. The third kappa shape index (κ3) is 4.56. The average molecular weight is 404 g/mol. The number of aliphatic hydroxyl groups is 2. The molecule has 148 valence electrons. The Morgan fingerprint density at radius 1 is 1.18 bits per heavy atom. The Labute approximate surface area is 167 Å². The van der Waals surface area contributed by atoms with E-state index in [4.69, 9.17) is 16.7 Å². The molecule has 2 atom stereocenters. The lowest BCUT2D eigenvalue weighted by atomic mass is 10.1. The summed E-state index contributed by atoms with van der Waals surface area (Å²) in [6.45, 7) is 1.75. The highest BCUT2D eigenvalue weighted by Gasteiger charge is 2.17. The number of rotatable bonds is 8. The first-order valence-electron chi connectivity index (χ1n) is 8.77. The molecule has 0 fully saturated rings. The van der Waals surface area contributed by atoms with Crippen molar-refractivity contribution in [1.29, 1.82) is 0 Å². The van der Waals surface area contributed by atoms with E-state index in [0.717, 1.165) is 10.9 Å². The van der Waals surface area contributed by atoms with Crippen LogP contribution >= 0.6 is 11.6 Å². The lowest BCUT2D eigenvalue weighted by Crippen LogP contribution is -2.24. The zero-order chi connectivity index (χ0) is 20.1. The molecule has 2 aromatic heterocycles. The third-order valence-corrected chi connectivity index (χ3v) is 4.45. The number of aliphatic hydroxyl groups excluding tert-OH is 2. The summed E-state index contributed by atoms with van der Waals surface area (Å²) in [6.07, 6.45) is 0.518. The maximum atomic E-state index is 9.69. The average Bonchev–Trinajstić information content (AvgIpc) is 2.71. The van der Waals surface area contributed by atoms with Gasteiger partial charge < -0.3 is 26.2 Å². The molecule has 0 bridgehead atoms. The van der Waals surface area contributed by atoms with Gasteiger partial charge in [-0.15, -0.1) is 0 Å². The van der Waals surface area contributed by atoms with Crippen LogP contribution in [0.1, 0.15) is 18.5 Å². The van der Waals surface area contributed by atoms with E-state index in [1.54, 1.807) is 13.1 Å². The number of nitrogens with zero attached hydrogens (tertiary/aromatic N) is 4. The Balaban J connectivity index is 1.96. The molecule has 0 spiro atoms. The summed E-state index contributed by atoms with van der Waals surface area (Å²) < 4.78 is 0. The van der Waals surface area contributed by atoms with Gasteiger partial charge in [0.1, 0.15) is 12.1 Å². The quantitative estimate of drug-likeness (QED) is 0.383. The fourth-order valence-corrected chi connectivity index (χ4v) is 2.91. The normalized spacial score (nSPS) is 13.2. The molecule has 0 aliphatic rings. The zero-order valence-corrected chi connectivity index (χ0v) is 16.3. The van der Waals surface area contributed by atoms with Gasteiger partial charge in [0.25, 0.3) is 0 Å². The van der Waals surface area contributed by atoms with Gasteiger partial charge in [0.15, 0.2) is 0 Å². The van der Waals surface area contributed by atoms with E-state index in [2.05, 4.69) is 35.9 Å². The molecular weight excluding hydrogens is 382 g/mol. The minimum Gasteiger partial charge on any atom is -0.394 e. The molecule has 3 rings (SSSR count). The SMILES string of the molecule is CNc1ncnc(N[C@@H](C)c2cc3cccc(Cl)c3nc2NC[C@@H](O)CO)n1. The molecule has 28 heavy (non-hydrogen) atoms. The number of anilines is 3. The first-order valence-corrected chi connectivity index (χ1v) is 9.15. The second-order valence-electron chi connectivity index (χ2n) is 6.20. The number of aromatic nitrogens is 4. The van der Waals surface area contributed by atoms with E-state index in [-0.39, 0.29) is 19.2 Å². The van der Waals surface area contributed by atoms with Crippen LogP contribution in [0, 0.1) is 0 Å². The third-order valence-electron chi connectivity index (χ3n) is 4.15. The fraction of sp³-hybridized carbons (Fsp3) is 0.333. The van der Waals surface area contributed by atoms with Crippen LogP contribution in [0.4, 0.5) is 17.7 Å². The summed E-state index contributed by atoms with van der Waals surface area (Å²) in [5.74, 6) is 1.42. The monoisotopic (exact) mass is 403 g/mol. The number of hydrogen-bond acceptors (Lipinski definition) is 9. The summed E-state index contributed by atoms with van der Waals surface area (Å²) in [5, 5.41) is 29.4. The standard InChI is InChI=1S/C18H22ClN7O2/c1-10(24-18-23-9-22-17(20-2)26-18)13-6-11-4-3-5-14(19)15(11)25-16(13)21-7-12(28)8-27/h3-6,9-10,12,27-28H,7-8H2,1-2H3,(H,21,25)(H2,20,22,23,24,26)/t10-,12+/m0/s1. The van der Waals surface area contributed by atoms with Crippen LogP contribution in [-0.4, -0.2) is 56.5 Å². The Kier molecular flexibility index (Phi) is 6.40. The van der Waals surface area contributed by atoms with Crippen molar-refractivity contribution >= 4 is 40.2 Å². The molecule has 0 saturated heterocycles. The molecule has 0 saturated carbocycles. The van der Waals surface area contributed by atoms with Crippen molar-refractivity contribution in [2.75, 3.05) is 36.1 Å². The minimum absolute atomic E-state index is 0.148. The minimum atomic E-state index is -0.901. The number of pyridine rings is 1. The van der Waals surface area contributed by atoms with Crippen LogP contribution in [0.5, 0.6) is 0 Å². The van der Waals surface area contributed by atoms with Crippen LogP contribution < -0.4 is 16.0 Å². The molecule has 0 amide bonds. The first-order chi connectivity index (χ1) is 13.5. The van der Waals surface area contributed by atoms with Crippen molar-refractivity contribution in [1.82, 2.24) is 19.9 Å². The van der Waals surface area contributed by atoms with Gasteiger partial charge >= 0.3 is 0 Å². The van der Waals surface area contributed by atoms with Crippen LogP contribution in [0.15, 0.2) is 30.6 Å². The maximum absolute atomic E-state index is 9.69. The molecule has 1 aromatic carbocycles. The summed E-state index contributed by atoms with van der Waals surface area (Å²) in [5.41, 5.74) is 1.49. The number of fused-ring (bicyclic) bond motifs is 1. The lowest BCUT2D eigenvalue weighted by Gasteiger charge is -2.20. The van der Waals surface area contributed by atoms with Gasteiger partial charge in [-0.25, -0.2) is 15.0 Å². The molecular formula is C18H22ClN7O2. The van der Waals surface area contributed by atoms with E-state index < -0.39 is 6.10 Å².